The SMILES string of the molecule is CC(C)(C)c1ccccc1NCCC(=O)Nc1cccc2cccnc12. The van der Waals surface area contributed by atoms with E-state index in [0.29, 0.717) is 13.0 Å². The predicted octanol–water partition coefficient (Wildman–Crippen LogP) is 4.97. The summed E-state index contributed by atoms with van der Waals surface area (Å²) in [6.45, 7) is 7.15. The molecule has 2 N–H and O–H groups in total. The number of rotatable bonds is 5. The van der Waals surface area contributed by atoms with E-state index in [-0.39, 0.29) is 11.3 Å². The van der Waals surface area contributed by atoms with Crippen LogP contribution in [0.1, 0.15) is 32.8 Å². The maximum absolute atomic E-state index is 12.3. The summed E-state index contributed by atoms with van der Waals surface area (Å²) in [5.41, 5.74) is 3.95. The van der Waals surface area contributed by atoms with E-state index in [1.54, 1.807) is 6.20 Å². The van der Waals surface area contributed by atoms with Crippen LogP contribution in [-0.2, 0) is 10.2 Å². The maximum atomic E-state index is 12.3. The van der Waals surface area contributed by atoms with Crippen LogP contribution in [0, 0.1) is 0 Å². The molecule has 2 aromatic carbocycles. The molecular weight excluding hydrogens is 322 g/mol. The molecule has 1 amide bonds. The molecule has 0 bridgehead atoms. The second-order valence-corrected chi connectivity index (χ2v) is 7.40. The minimum absolute atomic E-state index is 0.0242. The Morgan fingerprint density at radius 3 is 2.50 bits per heavy atom. The van der Waals surface area contributed by atoms with E-state index in [0.717, 1.165) is 22.3 Å². The lowest BCUT2D eigenvalue weighted by atomic mass is 9.86. The third kappa shape index (κ3) is 4.20. The van der Waals surface area contributed by atoms with E-state index in [2.05, 4.69) is 48.5 Å². The summed E-state index contributed by atoms with van der Waals surface area (Å²) < 4.78 is 0. The average molecular weight is 347 g/mol. The highest BCUT2D eigenvalue weighted by Gasteiger charge is 2.17. The quantitative estimate of drug-likeness (QED) is 0.685. The van der Waals surface area contributed by atoms with E-state index in [1.165, 1.54) is 5.56 Å². The van der Waals surface area contributed by atoms with E-state index >= 15 is 0 Å². The second-order valence-electron chi connectivity index (χ2n) is 7.40. The minimum atomic E-state index is -0.0242. The Bertz CT molecular complexity index is 907. The molecule has 0 saturated heterocycles. The van der Waals surface area contributed by atoms with Crippen LogP contribution >= 0.6 is 0 Å². The number of hydrogen-bond donors (Lipinski definition) is 2. The topological polar surface area (TPSA) is 54.0 Å². The van der Waals surface area contributed by atoms with Crippen LogP contribution in [0.15, 0.2) is 60.8 Å². The number of nitrogens with one attached hydrogen (secondary N) is 2. The van der Waals surface area contributed by atoms with Gasteiger partial charge in [0.25, 0.3) is 0 Å². The van der Waals surface area contributed by atoms with Crippen molar-refractivity contribution in [2.24, 2.45) is 0 Å². The highest BCUT2D eigenvalue weighted by Crippen LogP contribution is 2.29. The molecule has 0 unspecified atom stereocenters. The van der Waals surface area contributed by atoms with Gasteiger partial charge >= 0.3 is 0 Å². The summed E-state index contributed by atoms with van der Waals surface area (Å²) in [6.07, 6.45) is 2.13. The molecule has 3 rings (SSSR count). The molecule has 3 aromatic rings. The van der Waals surface area contributed by atoms with Crippen molar-refractivity contribution >= 4 is 28.2 Å². The van der Waals surface area contributed by atoms with Crippen LogP contribution in [-0.4, -0.2) is 17.4 Å². The molecule has 1 aromatic heterocycles. The Morgan fingerprint density at radius 2 is 1.69 bits per heavy atom. The van der Waals surface area contributed by atoms with Gasteiger partial charge in [0.05, 0.1) is 11.2 Å². The highest BCUT2D eigenvalue weighted by atomic mass is 16.1. The number of fused-ring (bicyclic) bond motifs is 1. The van der Waals surface area contributed by atoms with Gasteiger partial charge in [-0.05, 0) is 29.2 Å². The summed E-state index contributed by atoms with van der Waals surface area (Å²) in [5, 5.41) is 7.39. The zero-order chi connectivity index (χ0) is 18.6. The molecule has 0 aliphatic rings. The number of carbonyl (C=O) groups is 1. The van der Waals surface area contributed by atoms with Gasteiger partial charge in [0.1, 0.15) is 0 Å². The van der Waals surface area contributed by atoms with Crippen LogP contribution in [0.3, 0.4) is 0 Å². The van der Waals surface area contributed by atoms with Gasteiger partial charge in [-0.15, -0.1) is 0 Å². The largest absolute Gasteiger partial charge is 0.384 e. The normalized spacial score (nSPS) is 11.3. The number of pyridine rings is 1. The molecule has 4 nitrogen and oxygen atoms in total. The molecule has 1 heterocycles. The van der Waals surface area contributed by atoms with Gasteiger partial charge in [-0.3, -0.25) is 9.78 Å². The molecule has 26 heavy (non-hydrogen) atoms. The first-order valence-electron chi connectivity index (χ1n) is 8.92. The Kier molecular flexibility index (Phi) is 5.21. The van der Waals surface area contributed by atoms with E-state index in [9.17, 15) is 4.79 Å². The van der Waals surface area contributed by atoms with Crippen LogP contribution in [0.4, 0.5) is 11.4 Å². The Hall–Kier alpha value is -2.88. The zero-order valence-electron chi connectivity index (χ0n) is 15.5. The standard InChI is InChI=1S/C22H25N3O/c1-22(2,3)17-10-4-5-11-18(17)23-15-13-20(26)25-19-12-6-8-16-9-7-14-24-21(16)19/h4-12,14,23H,13,15H2,1-3H3,(H,25,26). The molecule has 0 saturated carbocycles. The minimum Gasteiger partial charge on any atom is -0.384 e. The van der Waals surface area contributed by atoms with Crippen molar-refractivity contribution in [2.75, 3.05) is 17.2 Å². The maximum Gasteiger partial charge on any atom is 0.226 e. The van der Waals surface area contributed by atoms with Crippen LogP contribution in [0.25, 0.3) is 10.9 Å². The highest BCUT2D eigenvalue weighted by molar-refractivity contribution is 6.00. The Morgan fingerprint density at radius 1 is 0.962 bits per heavy atom. The number of para-hydroxylation sites is 2. The number of carbonyl (C=O) groups excluding carboxylic acids is 1. The van der Waals surface area contributed by atoms with Gasteiger partial charge in [-0.1, -0.05) is 57.2 Å². The van der Waals surface area contributed by atoms with Gasteiger partial charge < -0.3 is 10.6 Å². The van der Waals surface area contributed by atoms with E-state index in [4.69, 9.17) is 0 Å². The van der Waals surface area contributed by atoms with Gasteiger partial charge in [-0.25, -0.2) is 0 Å². The molecule has 0 fully saturated rings. The summed E-state index contributed by atoms with van der Waals surface area (Å²) in [4.78, 5) is 16.7. The van der Waals surface area contributed by atoms with E-state index in [1.807, 2.05) is 42.5 Å². The fourth-order valence-electron chi connectivity index (χ4n) is 3.02. The van der Waals surface area contributed by atoms with Crippen molar-refractivity contribution in [3.8, 4) is 0 Å². The molecule has 0 aliphatic carbocycles. The first-order chi connectivity index (χ1) is 12.4. The number of aromatic nitrogens is 1. The predicted molar refractivity (Wildman–Crippen MR) is 109 cm³/mol. The van der Waals surface area contributed by atoms with Gasteiger partial charge in [0, 0.05) is 30.2 Å². The molecule has 4 heteroatoms. The molecule has 0 radical (unpaired) electrons. The second kappa shape index (κ2) is 7.56. The Balaban J connectivity index is 1.62. The van der Waals surface area contributed by atoms with Crippen molar-refractivity contribution in [1.82, 2.24) is 4.98 Å². The average Bonchev–Trinajstić information content (AvgIpc) is 2.62. The number of hydrogen-bond acceptors (Lipinski definition) is 3. The van der Waals surface area contributed by atoms with Crippen molar-refractivity contribution < 1.29 is 4.79 Å². The summed E-state index contributed by atoms with van der Waals surface area (Å²) in [6, 6.07) is 17.9. The number of nitrogens with zero attached hydrogens (tertiary/aromatic N) is 1. The number of amides is 1. The molecule has 134 valence electrons. The van der Waals surface area contributed by atoms with Gasteiger partial charge in [-0.2, -0.15) is 0 Å². The van der Waals surface area contributed by atoms with Crippen LogP contribution < -0.4 is 10.6 Å². The lowest BCUT2D eigenvalue weighted by Crippen LogP contribution is -2.19. The van der Waals surface area contributed by atoms with Gasteiger partial charge in [0.15, 0.2) is 0 Å². The van der Waals surface area contributed by atoms with Crippen LogP contribution in [0.2, 0.25) is 0 Å². The Labute approximate surface area is 154 Å². The lowest BCUT2D eigenvalue weighted by Gasteiger charge is -2.23. The third-order valence-corrected chi connectivity index (χ3v) is 4.31. The molecular formula is C22H25N3O. The summed E-state index contributed by atoms with van der Waals surface area (Å²) in [5.74, 6) is -0.0242. The third-order valence-electron chi connectivity index (χ3n) is 4.31. The number of anilines is 2. The van der Waals surface area contributed by atoms with Crippen LogP contribution in [0.5, 0.6) is 0 Å². The summed E-state index contributed by atoms with van der Waals surface area (Å²) in [7, 11) is 0. The number of benzene rings is 2. The monoisotopic (exact) mass is 347 g/mol. The molecule has 0 aliphatic heterocycles. The van der Waals surface area contributed by atoms with Crippen molar-refractivity contribution in [3.63, 3.8) is 0 Å². The summed E-state index contributed by atoms with van der Waals surface area (Å²) >= 11 is 0. The van der Waals surface area contributed by atoms with Gasteiger partial charge in [0.2, 0.25) is 5.91 Å². The fourth-order valence-corrected chi connectivity index (χ4v) is 3.02. The van der Waals surface area contributed by atoms with Crippen molar-refractivity contribution in [2.45, 2.75) is 32.6 Å². The first-order valence-corrected chi connectivity index (χ1v) is 8.92. The smallest absolute Gasteiger partial charge is 0.226 e. The molecule has 0 spiro atoms. The molecule has 0 atom stereocenters. The fraction of sp³-hybridized carbons (Fsp3) is 0.273. The first kappa shape index (κ1) is 17.9. The van der Waals surface area contributed by atoms with Crippen molar-refractivity contribution in [3.05, 3.63) is 66.4 Å². The van der Waals surface area contributed by atoms with Crippen molar-refractivity contribution in [1.29, 1.82) is 0 Å². The lowest BCUT2D eigenvalue weighted by molar-refractivity contribution is -0.115. The zero-order valence-corrected chi connectivity index (χ0v) is 15.5. The van der Waals surface area contributed by atoms with E-state index < -0.39 is 0 Å².